The van der Waals surface area contributed by atoms with Crippen LogP contribution in [-0.4, -0.2) is 40.8 Å². The highest BCUT2D eigenvalue weighted by Crippen LogP contribution is 2.28. The first-order chi connectivity index (χ1) is 12.7. The minimum absolute atomic E-state index is 0.255. The predicted octanol–water partition coefficient (Wildman–Crippen LogP) is 3.49. The molecule has 1 saturated heterocycles. The number of pyridine rings is 1. The maximum atomic E-state index is 5.60. The third-order valence-electron chi connectivity index (χ3n) is 4.56. The van der Waals surface area contributed by atoms with E-state index in [9.17, 15) is 0 Å². The number of nitrogens with zero attached hydrogens (tertiary/aromatic N) is 4. The molecular formula is C19H23N5OS. The Labute approximate surface area is 157 Å². The van der Waals surface area contributed by atoms with E-state index in [4.69, 9.17) is 4.74 Å². The van der Waals surface area contributed by atoms with Gasteiger partial charge >= 0.3 is 0 Å². The van der Waals surface area contributed by atoms with Gasteiger partial charge in [-0.2, -0.15) is 0 Å². The van der Waals surface area contributed by atoms with Crippen molar-refractivity contribution in [2.24, 2.45) is 0 Å². The fourth-order valence-electron chi connectivity index (χ4n) is 3.14. The lowest BCUT2D eigenvalue weighted by Gasteiger charge is -2.32. The zero-order chi connectivity index (χ0) is 17.9. The fraction of sp³-hybridized carbons (Fsp3) is 0.421. The van der Waals surface area contributed by atoms with Gasteiger partial charge < -0.3 is 15.0 Å². The highest BCUT2D eigenvalue weighted by Gasteiger charge is 2.17. The largest absolute Gasteiger partial charge is 0.375 e. The number of hydrogen-bond donors (Lipinski definition) is 1. The molecular weight excluding hydrogens is 346 g/mol. The molecule has 4 heterocycles. The number of rotatable bonds is 5. The van der Waals surface area contributed by atoms with E-state index in [1.165, 1.54) is 4.88 Å². The van der Waals surface area contributed by atoms with Crippen molar-refractivity contribution in [3.63, 3.8) is 0 Å². The van der Waals surface area contributed by atoms with Gasteiger partial charge in [-0.25, -0.2) is 15.0 Å². The van der Waals surface area contributed by atoms with Gasteiger partial charge in [0.2, 0.25) is 0 Å². The van der Waals surface area contributed by atoms with Crippen LogP contribution in [0.4, 0.5) is 11.6 Å². The van der Waals surface area contributed by atoms with Gasteiger partial charge in [0, 0.05) is 30.7 Å². The summed E-state index contributed by atoms with van der Waals surface area (Å²) in [7, 11) is 0. The van der Waals surface area contributed by atoms with Crippen LogP contribution < -0.4 is 10.2 Å². The Balaban J connectivity index is 1.44. The first-order valence-corrected chi connectivity index (χ1v) is 9.83. The van der Waals surface area contributed by atoms with E-state index in [-0.39, 0.29) is 6.10 Å². The molecule has 1 unspecified atom stereocenters. The van der Waals surface area contributed by atoms with Crippen molar-refractivity contribution in [3.8, 4) is 0 Å². The lowest BCUT2D eigenvalue weighted by atomic mass is 10.2. The maximum absolute atomic E-state index is 5.60. The number of aryl methyl sites for hydroxylation is 1. The number of aromatic nitrogens is 3. The molecule has 6 nitrogen and oxygen atoms in total. The van der Waals surface area contributed by atoms with E-state index < -0.39 is 0 Å². The first-order valence-electron chi connectivity index (χ1n) is 9.01. The monoisotopic (exact) mass is 369 g/mol. The van der Waals surface area contributed by atoms with Crippen molar-refractivity contribution in [1.82, 2.24) is 15.0 Å². The van der Waals surface area contributed by atoms with Gasteiger partial charge in [-0.05, 0) is 31.0 Å². The number of nitrogens with one attached hydrogen (secondary N) is 1. The Kier molecular flexibility index (Phi) is 4.99. The van der Waals surface area contributed by atoms with Crippen LogP contribution in [0.2, 0.25) is 0 Å². The average Bonchev–Trinajstić information content (AvgIpc) is 3.11. The molecule has 1 aliphatic rings. The molecule has 0 bridgehead atoms. The van der Waals surface area contributed by atoms with Crippen LogP contribution in [-0.2, 0) is 17.7 Å². The molecule has 1 N–H and O–H groups in total. The van der Waals surface area contributed by atoms with Crippen molar-refractivity contribution in [2.75, 3.05) is 29.9 Å². The van der Waals surface area contributed by atoms with E-state index in [2.05, 4.69) is 57.2 Å². The normalized spacial score (nSPS) is 17.6. The molecule has 3 aromatic rings. The second-order valence-electron chi connectivity index (χ2n) is 6.51. The van der Waals surface area contributed by atoms with Gasteiger partial charge in [0.15, 0.2) is 0 Å². The summed E-state index contributed by atoms with van der Waals surface area (Å²) in [6, 6.07) is 6.40. The topological polar surface area (TPSA) is 63.2 Å². The third-order valence-corrected chi connectivity index (χ3v) is 5.75. The van der Waals surface area contributed by atoms with Crippen LogP contribution in [0.25, 0.3) is 10.2 Å². The highest BCUT2D eigenvalue weighted by molar-refractivity contribution is 7.18. The van der Waals surface area contributed by atoms with Crippen molar-refractivity contribution in [2.45, 2.75) is 32.9 Å². The smallest absolute Gasteiger partial charge is 0.138 e. The predicted molar refractivity (Wildman–Crippen MR) is 106 cm³/mol. The molecule has 7 heteroatoms. The average molecular weight is 369 g/mol. The molecule has 0 radical (unpaired) electrons. The number of morpholine rings is 1. The molecule has 1 fully saturated rings. The Morgan fingerprint density at radius 2 is 2.23 bits per heavy atom. The van der Waals surface area contributed by atoms with Crippen LogP contribution in [0.15, 0.2) is 30.7 Å². The van der Waals surface area contributed by atoms with E-state index in [1.54, 1.807) is 17.7 Å². The quantitative estimate of drug-likeness (QED) is 0.743. The molecule has 3 aromatic heterocycles. The van der Waals surface area contributed by atoms with Crippen LogP contribution in [0.5, 0.6) is 0 Å². The second kappa shape index (κ2) is 7.55. The molecule has 136 valence electrons. The minimum Gasteiger partial charge on any atom is -0.375 e. The van der Waals surface area contributed by atoms with Gasteiger partial charge in [-0.3, -0.25) is 0 Å². The van der Waals surface area contributed by atoms with Gasteiger partial charge in [0.05, 0.1) is 18.1 Å². The lowest BCUT2D eigenvalue weighted by molar-refractivity contribution is 0.0529. The SMILES string of the molecule is CCc1cc2c(NCc3ccc(N4CCOC(C)C4)nc3)ncnc2s1. The zero-order valence-corrected chi connectivity index (χ0v) is 15.9. The molecule has 0 spiro atoms. The Bertz CT molecular complexity index is 879. The van der Waals surface area contributed by atoms with Gasteiger partial charge in [-0.1, -0.05) is 13.0 Å². The lowest BCUT2D eigenvalue weighted by Crippen LogP contribution is -2.41. The molecule has 0 saturated carbocycles. The molecule has 1 atom stereocenters. The number of ether oxygens (including phenoxy) is 1. The summed E-state index contributed by atoms with van der Waals surface area (Å²) in [4.78, 5) is 18.1. The standard InChI is InChI=1S/C19H23N5OS/c1-3-15-8-16-18(22-12-23-19(16)26-15)21-10-14-4-5-17(20-9-14)24-6-7-25-13(2)11-24/h4-5,8-9,12-13H,3,6-7,10-11H2,1-2H3,(H,21,22,23). The van der Waals surface area contributed by atoms with Crippen molar-refractivity contribution in [3.05, 3.63) is 41.2 Å². The number of thiophene rings is 1. The van der Waals surface area contributed by atoms with Crippen LogP contribution in [0.3, 0.4) is 0 Å². The van der Waals surface area contributed by atoms with Gasteiger partial charge in [0.1, 0.15) is 22.8 Å². The summed E-state index contributed by atoms with van der Waals surface area (Å²) >= 11 is 1.73. The summed E-state index contributed by atoms with van der Waals surface area (Å²) in [5, 5.41) is 4.53. The van der Waals surface area contributed by atoms with E-state index in [0.29, 0.717) is 6.54 Å². The highest BCUT2D eigenvalue weighted by atomic mass is 32.1. The molecule has 26 heavy (non-hydrogen) atoms. The van der Waals surface area contributed by atoms with E-state index in [1.807, 2.05) is 6.20 Å². The van der Waals surface area contributed by atoms with E-state index >= 15 is 0 Å². The van der Waals surface area contributed by atoms with Crippen LogP contribution in [0, 0.1) is 0 Å². The Morgan fingerprint density at radius 3 is 3.00 bits per heavy atom. The summed E-state index contributed by atoms with van der Waals surface area (Å²) in [6.45, 7) is 7.49. The fourth-order valence-corrected chi connectivity index (χ4v) is 4.08. The Morgan fingerprint density at radius 1 is 1.31 bits per heavy atom. The molecule has 1 aliphatic heterocycles. The number of anilines is 2. The van der Waals surface area contributed by atoms with Gasteiger partial charge in [0.25, 0.3) is 0 Å². The molecule has 0 amide bonds. The van der Waals surface area contributed by atoms with Crippen molar-refractivity contribution >= 4 is 33.2 Å². The zero-order valence-electron chi connectivity index (χ0n) is 15.1. The number of hydrogen-bond acceptors (Lipinski definition) is 7. The maximum Gasteiger partial charge on any atom is 0.138 e. The van der Waals surface area contributed by atoms with Gasteiger partial charge in [-0.15, -0.1) is 11.3 Å². The summed E-state index contributed by atoms with van der Waals surface area (Å²) in [5.74, 6) is 1.90. The Hall–Kier alpha value is -2.25. The summed E-state index contributed by atoms with van der Waals surface area (Å²) in [6.07, 6.45) is 4.84. The summed E-state index contributed by atoms with van der Waals surface area (Å²) < 4.78 is 5.60. The third kappa shape index (κ3) is 3.64. The van der Waals surface area contributed by atoms with Crippen molar-refractivity contribution in [1.29, 1.82) is 0 Å². The second-order valence-corrected chi connectivity index (χ2v) is 7.63. The van der Waals surface area contributed by atoms with Crippen LogP contribution >= 0.6 is 11.3 Å². The van der Waals surface area contributed by atoms with E-state index in [0.717, 1.165) is 53.5 Å². The van der Waals surface area contributed by atoms with Crippen LogP contribution in [0.1, 0.15) is 24.3 Å². The molecule has 0 aromatic carbocycles. The summed E-state index contributed by atoms with van der Waals surface area (Å²) in [5.41, 5.74) is 1.13. The first kappa shape index (κ1) is 17.2. The molecule has 0 aliphatic carbocycles. The number of fused-ring (bicyclic) bond motifs is 1. The van der Waals surface area contributed by atoms with Crippen molar-refractivity contribution < 1.29 is 4.74 Å². The molecule has 4 rings (SSSR count). The minimum atomic E-state index is 0.255.